The molecule has 1 aliphatic heterocycles. The molecule has 0 amide bonds. The van der Waals surface area contributed by atoms with Gasteiger partial charge in [-0.05, 0) is 6.42 Å². The second-order valence-corrected chi connectivity index (χ2v) is 4.56. The summed E-state index contributed by atoms with van der Waals surface area (Å²) in [5, 5.41) is 1.61. The van der Waals surface area contributed by atoms with Crippen molar-refractivity contribution in [3.8, 4) is 0 Å². The Labute approximate surface area is 61.4 Å². The van der Waals surface area contributed by atoms with Crippen molar-refractivity contribution in [3.63, 3.8) is 0 Å². The smallest absolute Gasteiger partial charge is 0.227 e. The molecule has 0 N–H and O–H groups in total. The van der Waals surface area contributed by atoms with Crippen LogP contribution < -0.4 is 0 Å². The molecule has 0 atom stereocenters. The minimum Gasteiger partial charge on any atom is -0.234 e. The Morgan fingerprint density at radius 1 is 1.40 bits per heavy atom. The maximum absolute atomic E-state index is 11.1. The number of hydrogen-bond acceptors (Lipinski definition) is 3. The van der Waals surface area contributed by atoms with Crippen molar-refractivity contribution in [1.29, 1.82) is 0 Å². The van der Waals surface area contributed by atoms with Crippen LogP contribution in [0.2, 0.25) is 0 Å². The van der Waals surface area contributed by atoms with Gasteiger partial charge in [0.25, 0.3) is 0 Å². The van der Waals surface area contributed by atoms with E-state index in [0.717, 1.165) is 6.42 Å². The molecular weight excluding hydrogens is 152 g/mol. The van der Waals surface area contributed by atoms with Crippen molar-refractivity contribution < 1.29 is 8.42 Å². The zero-order chi connectivity index (χ0) is 7.78. The molecule has 0 spiro atoms. The fourth-order valence-electron chi connectivity index (χ4n) is 1.08. The van der Waals surface area contributed by atoms with Crippen LogP contribution in [-0.4, -0.2) is 44.2 Å². The maximum atomic E-state index is 11.1. The number of sulfonamides is 1. The molecule has 10 heavy (non-hydrogen) atoms. The summed E-state index contributed by atoms with van der Waals surface area (Å²) in [6.07, 6.45) is 0.751. The topological polar surface area (TPSA) is 40.6 Å². The van der Waals surface area contributed by atoms with E-state index in [1.54, 1.807) is 19.1 Å². The summed E-state index contributed by atoms with van der Waals surface area (Å²) in [5.41, 5.74) is 0. The third-order valence-corrected chi connectivity index (χ3v) is 3.47. The van der Waals surface area contributed by atoms with Crippen LogP contribution in [0.25, 0.3) is 0 Å². The summed E-state index contributed by atoms with van der Waals surface area (Å²) < 4.78 is 23.6. The van der Waals surface area contributed by atoms with Crippen LogP contribution in [0.3, 0.4) is 0 Å². The minimum absolute atomic E-state index is 0.297. The first-order valence-electron chi connectivity index (χ1n) is 3.22. The van der Waals surface area contributed by atoms with E-state index in [2.05, 4.69) is 0 Å². The van der Waals surface area contributed by atoms with Gasteiger partial charge in [0.2, 0.25) is 10.0 Å². The fourth-order valence-corrected chi connectivity index (χ4v) is 2.69. The van der Waals surface area contributed by atoms with Gasteiger partial charge in [-0.2, -0.15) is 0 Å². The number of rotatable bonds is 1. The highest BCUT2D eigenvalue weighted by Gasteiger charge is 2.29. The quantitative estimate of drug-likeness (QED) is 0.524. The largest absolute Gasteiger partial charge is 0.234 e. The average molecular weight is 164 g/mol. The van der Waals surface area contributed by atoms with Crippen LogP contribution in [-0.2, 0) is 10.0 Å². The van der Waals surface area contributed by atoms with Crippen LogP contribution in [0.5, 0.6) is 0 Å². The first-order chi connectivity index (χ1) is 4.54. The molecule has 60 valence electrons. The Kier molecular flexibility index (Phi) is 1.98. The highest BCUT2D eigenvalue weighted by molar-refractivity contribution is 7.89. The second kappa shape index (κ2) is 2.48. The van der Waals surface area contributed by atoms with Crippen molar-refractivity contribution in [3.05, 3.63) is 0 Å². The molecule has 1 fully saturated rings. The lowest BCUT2D eigenvalue weighted by Gasteiger charge is -2.21. The highest BCUT2D eigenvalue weighted by atomic mass is 32.2. The SMILES string of the molecule is CN(C)N1CCCS1(=O)=O. The fraction of sp³-hybridized carbons (Fsp3) is 1.00. The highest BCUT2D eigenvalue weighted by Crippen LogP contribution is 2.13. The van der Waals surface area contributed by atoms with Gasteiger partial charge >= 0.3 is 0 Å². The summed E-state index contributed by atoms with van der Waals surface area (Å²) in [5.74, 6) is 0.297. The number of hydrazine groups is 1. The molecule has 0 saturated carbocycles. The molecule has 0 unspecified atom stereocenters. The molecule has 0 radical (unpaired) electrons. The van der Waals surface area contributed by atoms with E-state index in [4.69, 9.17) is 0 Å². The van der Waals surface area contributed by atoms with Crippen LogP contribution in [0.4, 0.5) is 0 Å². The molecule has 1 aliphatic rings. The predicted octanol–water partition coefficient (Wildman–Crippen LogP) is -0.502. The molecule has 1 rings (SSSR count). The Morgan fingerprint density at radius 3 is 2.20 bits per heavy atom. The van der Waals surface area contributed by atoms with Crippen molar-refractivity contribution >= 4 is 10.0 Å². The molecule has 0 aliphatic carbocycles. The van der Waals surface area contributed by atoms with E-state index < -0.39 is 10.0 Å². The lowest BCUT2D eigenvalue weighted by Crippen LogP contribution is -2.37. The second-order valence-electron chi connectivity index (χ2n) is 2.56. The molecule has 5 heteroatoms. The van der Waals surface area contributed by atoms with Gasteiger partial charge in [0.1, 0.15) is 0 Å². The summed E-state index contributed by atoms with van der Waals surface area (Å²) in [7, 11) is 0.551. The van der Waals surface area contributed by atoms with Crippen LogP contribution >= 0.6 is 0 Å². The molecule has 4 nitrogen and oxygen atoms in total. The number of nitrogens with zero attached hydrogens (tertiary/aromatic N) is 2. The van der Waals surface area contributed by atoms with Crippen LogP contribution in [0.15, 0.2) is 0 Å². The molecular formula is C5H12N2O2S. The van der Waals surface area contributed by atoms with Crippen LogP contribution in [0, 0.1) is 0 Å². The Hall–Kier alpha value is -0.130. The van der Waals surface area contributed by atoms with Gasteiger partial charge in [-0.3, -0.25) is 0 Å². The van der Waals surface area contributed by atoms with Crippen molar-refractivity contribution in [2.45, 2.75) is 6.42 Å². The van der Waals surface area contributed by atoms with Gasteiger partial charge < -0.3 is 0 Å². The molecule has 0 bridgehead atoms. The zero-order valence-electron chi connectivity index (χ0n) is 6.24. The van der Waals surface area contributed by atoms with E-state index >= 15 is 0 Å². The molecule has 0 aromatic rings. The molecule has 0 aromatic heterocycles. The van der Waals surface area contributed by atoms with Gasteiger partial charge in [0, 0.05) is 20.6 Å². The third kappa shape index (κ3) is 1.31. The summed E-state index contributed by atoms with van der Waals surface area (Å²) in [6.45, 7) is 0.634. The van der Waals surface area contributed by atoms with Crippen molar-refractivity contribution in [2.75, 3.05) is 26.4 Å². The first kappa shape index (κ1) is 7.97. The minimum atomic E-state index is -2.93. The Morgan fingerprint density at radius 2 is 2.00 bits per heavy atom. The van der Waals surface area contributed by atoms with Gasteiger partial charge in [0.05, 0.1) is 5.75 Å². The molecule has 1 saturated heterocycles. The number of hydrogen-bond donors (Lipinski definition) is 0. The normalized spacial score (nSPS) is 25.9. The van der Waals surface area contributed by atoms with Crippen molar-refractivity contribution in [2.24, 2.45) is 0 Å². The summed E-state index contributed by atoms with van der Waals surface area (Å²) in [6, 6.07) is 0. The van der Waals surface area contributed by atoms with Crippen molar-refractivity contribution in [1.82, 2.24) is 9.42 Å². The molecule has 1 heterocycles. The standard InChI is InChI=1S/C5H12N2O2S/c1-6(2)7-4-3-5-10(7,8)9/h3-5H2,1-2H3. The first-order valence-corrected chi connectivity index (χ1v) is 4.82. The third-order valence-electron chi connectivity index (χ3n) is 1.52. The van der Waals surface area contributed by atoms with E-state index in [1.165, 1.54) is 4.41 Å². The Balaban J connectivity index is 2.79. The van der Waals surface area contributed by atoms with E-state index in [1.807, 2.05) is 0 Å². The summed E-state index contributed by atoms with van der Waals surface area (Å²) >= 11 is 0. The van der Waals surface area contributed by atoms with Gasteiger partial charge in [0.15, 0.2) is 0 Å². The van der Waals surface area contributed by atoms with Crippen LogP contribution in [0.1, 0.15) is 6.42 Å². The van der Waals surface area contributed by atoms with E-state index in [9.17, 15) is 8.42 Å². The predicted molar refractivity (Wildman–Crippen MR) is 38.8 cm³/mol. The van der Waals surface area contributed by atoms with Gasteiger partial charge in [-0.15, -0.1) is 4.41 Å². The van der Waals surface area contributed by atoms with Gasteiger partial charge in [-0.1, -0.05) is 0 Å². The Bertz CT molecular complexity index is 210. The average Bonchev–Trinajstić information content (AvgIpc) is 2.08. The van der Waals surface area contributed by atoms with Gasteiger partial charge in [-0.25, -0.2) is 13.4 Å². The van der Waals surface area contributed by atoms with E-state index in [-0.39, 0.29) is 0 Å². The monoisotopic (exact) mass is 164 g/mol. The van der Waals surface area contributed by atoms with E-state index in [0.29, 0.717) is 12.3 Å². The maximum Gasteiger partial charge on any atom is 0.227 e. The lowest BCUT2D eigenvalue weighted by molar-refractivity contribution is 0.139. The molecule has 0 aromatic carbocycles. The summed E-state index contributed by atoms with van der Waals surface area (Å²) in [4.78, 5) is 0. The zero-order valence-corrected chi connectivity index (χ0v) is 7.06. The lowest BCUT2D eigenvalue weighted by atomic mass is 10.5.